The molecule has 31 heavy (non-hydrogen) atoms. The molecule has 0 N–H and O–H groups in total. The number of ether oxygens (including phenoxy) is 3. The van der Waals surface area contributed by atoms with E-state index in [4.69, 9.17) is 14.2 Å². The number of para-hydroxylation sites is 1. The first kappa shape index (κ1) is 21.6. The van der Waals surface area contributed by atoms with Gasteiger partial charge < -0.3 is 19.1 Å². The molecule has 1 amide bonds. The van der Waals surface area contributed by atoms with E-state index in [0.29, 0.717) is 37.8 Å². The number of carbonyl (C=O) groups excluding carboxylic acids is 1. The van der Waals surface area contributed by atoms with Crippen molar-refractivity contribution >= 4 is 15.9 Å². The molecule has 0 saturated carbocycles. The van der Waals surface area contributed by atoms with Crippen molar-refractivity contribution in [3.05, 3.63) is 54.6 Å². The molecule has 0 bridgehead atoms. The Morgan fingerprint density at radius 3 is 2.45 bits per heavy atom. The lowest BCUT2D eigenvalue weighted by atomic mass is 10.1. The largest absolute Gasteiger partial charge is 0.497 e. The predicted octanol–water partition coefficient (Wildman–Crippen LogP) is 1.76. The van der Waals surface area contributed by atoms with Crippen LogP contribution in [0.25, 0.3) is 0 Å². The number of amides is 1. The van der Waals surface area contributed by atoms with E-state index < -0.39 is 22.2 Å². The highest BCUT2D eigenvalue weighted by Crippen LogP contribution is 2.31. The molecule has 2 aromatic rings. The second-order valence-electron chi connectivity index (χ2n) is 7.50. The summed E-state index contributed by atoms with van der Waals surface area (Å²) in [6.07, 6.45) is -0.147. The number of morpholine rings is 1. The van der Waals surface area contributed by atoms with Crippen molar-refractivity contribution < 1.29 is 27.4 Å². The summed E-state index contributed by atoms with van der Waals surface area (Å²) in [5, 5.41) is 0. The Balaban J connectivity index is 1.63. The van der Waals surface area contributed by atoms with Crippen LogP contribution in [0, 0.1) is 0 Å². The van der Waals surface area contributed by atoms with Gasteiger partial charge in [-0.25, -0.2) is 8.42 Å². The zero-order valence-corrected chi connectivity index (χ0v) is 18.2. The number of hydrogen-bond donors (Lipinski definition) is 0. The zero-order chi connectivity index (χ0) is 21.8. The first-order valence-electron chi connectivity index (χ1n) is 10.2. The summed E-state index contributed by atoms with van der Waals surface area (Å²) < 4.78 is 44.9. The molecule has 9 heteroatoms. The summed E-state index contributed by atoms with van der Waals surface area (Å²) in [4.78, 5) is 15.1. The number of benzene rings is 2. The van der Waals surface area contributed by atoms with Crippen molar-refractivity contribution in [2.24, 2.45) is 0 Å². The Kier molecular flexibility index (Phi) is 6.45. The molecule has 0 spiro atoms. The lowest BCUT2D eigenvalue weighted by Crippen LogP contribution is -2.50. The highest BCUT2D eigenvalue weighted by molar-refractivity contribution is 7.89. The van der Waals surface area contributed by atoms with E-state index in [1.54, 1.807) is 17.0 Å². The smallest absolute Gasteiger partial charge is 0.244 e. The maximum absolute atomic E-state index is 13.5. The van der Waals surface area contributed by atoms with Crippen molar-refractivity contribution in [3.8, 4) is 11.5 Å². The van der Waals surface area contributed by atoms with Crippen LogP contribution in [-0.2, 0) is 19.6 Å². The minimum Gasteiger partial charge on any atom is -0.497 e. The Bertz CT molecular complexity index is 1010. The first-order valence-corrected chi connectivity index (χ1v) is 11.7. The van der Waals surface area contributed by atoms with Gasteiger partial charge in [0.1, 0.15) is 23.6 Å². The monoisotopic (exact) mass is 446 g/mol. The fourth-order valence-electron chi connectivity index (χ4n) is 3.93. The molecule has 2 fully saturated rings. The van der Waals surface area contributed by atoms with Crippen molar-refractivity contribution in [1.82, 2.24) is 9.21 Å². The van der Waals surface area contributed by atoms with Crippen LogP contribution in [0.15, 0.2) is 59.5 Å². The van der Waals surface area contributed by atoms with E-state index in [9.17, 15) is 13.2 Å². The van der Waals surface area contributed by atoms with Gasteiger partial charge in [0.25, 0.3) is 0 Å². The topological polar surface area (TPSA) is 85.4 Å². The van der Waals surface area contributed by atoms with Crippen molar-refractivity contribution in [1.29, 1.82) is 0 Å². The fraction of sp³-hybridized carbons (Fsp3) is 0.409. The molecule has 2 aliphatic rings. The number of nitrogens with zero attached hydrogens (tertiary/aromatic N) is 2. The molecular formula is C22H26N2O6S. The lowest BCUT2D eigenvalue weighted by molar-refractivity contribution is -0.138. The Labute approximate surface area is 182 Å². The summed E-state index contributed by atoms with van der Waals surface area (Å²) >= 11 is 0. The van der Waals surface area contributed by atoms with Gasteiger partial charge in [0.05, 0.1) is 31.8 Å². The summed E-state index contributed by atoms with van der Waals surface area (Å²) in [5.41, 5.74) is 0. The predicted molar refractivity (Wildman–Crippen MR) is 114 cm³/mol. The Hall–Kier alpha value is -2.62. The molecule has 4 rings (SSSR count). The number of methoxy groups -OCH3 is 1. The highest BCUT2D eigenvalue weighted by Gasteiger charge is 2.46. The third-order valence-corrected chi connectivity index (χ3v) is 7.39. The number of sulfonamides is 1. The van der Waals surface area contributed by atoms with Crippen LogP contribution in [0.1, 0.15) is 6.42 Å². The van der Waals surface area contributed by atoms with Crippen LogP contribution in [0.2, 0.25) is 0 Å². The molecule has 0 radical (unpaired) electrons. The van der Waals surface area contributed by atoms with Gasteiger partial charge in [-0.3, -0.25) is 4.79 Å². The van der Waals surface area contributed by atoms with E-state index >= 15 is 0 Å². The van der Waals surface area contributed by atoms with Crippen LogP contribution in [0.5, 0.6) is 11.5 Å². The standard InChI is InChI=1S/C22H26N2O6S/c1-28-18-8-5-9-20(14-18)31(26,27)24-16-19(30-17-6-3-2-4-7-17)15-21(24)22(25)23-10-12-29-13-11-23/h2-9,14,19,21H,10-13,15-16H2,1H3. The van der Waals surface area contributed by atoms with Crippen molar-refractivity contribution in [2.45, 2.75) is 23.5 Å². The van der Waals surface area contributed by atoms with Gasteiger partial charge in [0.2, 0.25) is 15.9 Å². The second kappa shape index (κ2) is 9.25. The second-order valence-corrected chi connectivity index (χ2v) is 9.39. The fourth-order valence-corrected chi connectivity index (χ4v) is 5.59. The summed E-state index contributed by atoms with van der Waals surface area (Å²) in [6, 6.07) is 14.7. The van der Waals surface area contributed by atoms with Crippen LogP contribution in [-0.4, -0.2) is 75.6 Å². The molecule has 166 valence electrons. The normalized spacial score (nSPS) is 22.3. The third kappa shape index (κ3) is 4.68. The van der Waals surface area contributed by atoms with E-state index in [-0.39, 0.29) is 23.8 Å². The number of hydrogen-bond acceptors (Lipinski definition) is 6. The van der Waals surface area contributed by atoms with Crippen LogP contribution >= 0.6 is 0 Å². The average molecular weight is 447 g/mol. The van der Waals surface area contributed by atoms with Crippen LogP contribution in [0.4, 0.5) is 0 Å². The molecule has 2 unspecified atom stereocenters. The minimum atomic E-state index is -3.93. The molecule has 2 aromatic carbocycles. The number of carbonyl (C=O) groups is 1. The molecule has 8 nitrogen and oxygen atoms in total. The van der Waals surface area contributed by atoms with E-state index in [2.05, 4.69) is 0 Å². The van der Waals surface area contributed by atoms with Gasteiger partial charge in [0, 0.05) is 25.6 Å². The van der Waals surface area contributed by atoms with E-state index in [1.165, 1.54) is 23.5 Å². The van der Waals surface area contributed by atoms with Crippen LogP contribution in [0.3, 0.4) is 0 Å². The quantitative estimate of drug-likeness (QED) is 0.672. The van der Waals surface area contributed by atoms with Crippen LogP contribution < -0.4 is 9.47 Å². The van der Waals surface area contributed by atoms with Crippen molar-refractivity contribution in [2.75, 3.05) is 40.0 Å². The van der Waals surface area contributed by atoms with Gasteiger partial charge >= 0.3 is 0 Å². The van der Waals surface area contributed by atoms with Gasteiger partial charge in [-0.15, -0.1) is 0 Å². The number of rotatable bonds is 6. The summed E-state index contributed by atoms with van der Waals surface area (Å²) in [7, 11) is -2.45. The summed E-state index contributed by atoms with van der Waals surface area (Å²) in [5.74, 6) is 0.869. The molecule has 2 heterocycles. The molecule has 0 aliphatic carbocycles. The lowest BCUT2D eigenvalue weighted by Gasteiger charge is -2.32. The molecule has 2 aliphatic heterocycles. The van der Waals surface area contributed by atoms with Gasteiger partial charge in [-0.05, 0) is 24.3 Å². The minimum absolute atomic E-state index is 0.0898. The maximum atomic E-state index is 13.5. The third-order valence-electron chi connectivity index (χ3n) is 5.52. The van der Waals surface area contributed by atoms with Crippen molar-refractivity contribution in [3.63, 3.8) is 0 Å². The maximum Gasteiger partial charge on any atom is 0.244 e. The summed E-state index contributed by atoms with van der Waals surface area (Å²) in [6.45, 7) is 1.89. The van der Waals surface area contributed by atoms with E-state index in [1.807, 2.05) is 30.3 Å². The van der Waals surface area contributed by atoms with Gasteiger partial charge in [-0.1, -0.05) is 24.3 Å². The Morgan fingerprint density at radius 1 is 1.03 bits per heavy atom. The van der Waals surface area contributed by atoms with Gasteiger partial charge in [0.15, 0.2) is 0 Å². The first-order chi connectivity index (χ1) is 15.0. The van der Waals surface area contributed by atoms with E-state index in [0.717, 1.165) is 0 Å². The average Bonchev–Trinajstić information content (AvgIpc) is 3.24. The Morgan fingerprint density at radius 2 is 1.74 bits per heavy atom. The SMILES string of the molecule is COc1cccc(S(=O)(=O)N2CC(Oc3ccccc3)CC2C(=O)N2CCOCC2)c1. The highest BCUT2D eigenvalue weighted by atomic mass is 32.2. The molecule has 2 saturated heterocycles. The molecular weight excluding hydrogens is 420 g/mol. The zero-order valence-electron chi connectivity index (χ0n) is 17.3. The molecule has 0 aromatic heterocycles. The van der Waals surface area contributed by atoms with Gasteiger partial charge in [-0.2, -0.15) is 4.31 Å². The molecule has 2 atom stereocenters.